The minimum Gasteiger partial charge on any atom is -0.496 e. The van der Waals surface area contributed by atoms with E-state index in [9.17, 15) is 0 Å². The van der Waals surface area contributed by atoms with Gasteiger partial charge in [0.1, 0.15) is 5.75 Å². The molecule has 0 unspecified atom stereocenters. The Bertz CT molecular complexity index is 753. The van der Waals surface area contributed by atoms with Gasteiger partial charge in [-0.3, -0.25) is 0 Å². The summed E-state index contributed by atoms with van der Waals surface area (Å²) in [5.41, 5.74) is 4.96. The molecule has 3 nitrogen and oxygen atoms in total. The predicted octanol–water partition coefficient (Wildman–Crippen LogP) is 3.54. The summed E-state index contributed by atoms with van der Waals surface area (Å²) in [6, 6.07) is 16.0. The smallest absolute Gasteiger partial charge is 0.122 e. The van der Waals surface area contributed by atoms with E-state index >= 15 is 0 Å². The van der Waals surface area contributed by atoms with Crippen molar-refractivity contribution in [3.05, 3.63) is 65.5 Å². The number of benzene rings is 2. The highest BCUT2D eigenvalue weighted by molar-refractivity contribution is 5.74. The fourth-order valence-corrected chi connectivity index (χ4v) is 2.32. The molecule has 100 valence electrons. The van der Waals surface area contributed by atoms with Gasteiger partial charge in [-0.05, 0) is 25.1 Å². The van der Waals surface area contributed by atoms with Gasteiger partial charge in [-0.15, -0.1) is 0 Å². The van der Waals surface area contributed by atoms with Gasteiger partial charge < -0.3 is 4.74 Å². The Morgan fingerprint density at radius 1 is 0.900 bits per heavy atom. The molecule has 0 radical (unpaired) electrons. The number of para-hydroxylation sites is 3. The van der Waals surface area contributed by atoms with Crippen molar-refractivity contribution in [2.75, 3.05) is 7.11 Å². The Balaban J connectivity index is 2.04. The Kier molecular flexibility index (Phi) is 3.33. The van der Waals surface area contributed by atoms with Gasteiger partial charge in [0.2, 0.25) is 0 Å². The van der Waals surface area contributed by atoms with Crippen molar-refractivity contribution < 1.29 is 4.74 Å². The molecule has 0 aliphatic rings. The van der Waals surface area contributed by atoms with E-state index in [1.165, 1.54) is 0 Å². The van der Waals surface area contributed by atoms with Gasteiger partial charge in [-0.1, -0.05) is 30.3 Å². The van der Waals surface area contributed by atoms with Crippen LogP contribution in [0.4, 0.5) is 0 Å². The van der Waals surface area contributed by atoms with Crippen molar-refractivity contribution in [1.82, 2.24) is 9.97 Å². The van der Waals surface area contributed by atoms with Crippen LogP contribution in [0.2, 0.25) is 0 Å². The zero-order valence-corrected chi connectivity index (χ0v) is 11.6. The number of methoxy groups -OCH3 is 1. The third-order valence-electron chi connectivity index (χ3n) is 3.39. The van der Waals surface area contributed by atoms with Crippen molar-refractivity contribution in [2.24, 2.45) is 0 Å². The van der Waals surface area contributed by atoms with E-state index in [1.807, 2.05) is 49.4 Å². The van der Waals surface area contributed by atoms with Gasteiger partial charge in [-0.25, -0.2) is 9.97 Å². The van der Waals surface area contributed by atoms with Crippen LogP contribution < -0.4 is 4.74 Å². The average molecular weight is 264 g/mol. The second kappa shape index (κ2) is 5.29. The first-order valence-electron chi connectivity index (χ1n) is 6.62. The zero-order chi connectivity index (χ0) is 13.9. The highest BCUT2D eigenvalue weighted by Crippen LogP contribution is 2.22. The van der Waals surface area contributed by atoms with Gasteiger partial charge >= 0.3 is 0 Å². The largest absolute Gasteiger partial charge is 0.496 e. The number of rotatable bonds is 3. The molecule has 2 aromatic carbocycles. The summed E-state index contributed by atoms with van der Waals surface area (Å²) in [6.07, 6.45) is 0.730. The lowest BCUT2D eigenvalue weighted by Gasteiger charge is -2.10. The molecule has 0 bridgehead atoms. The average Bonchev–Trinajstić information content (AvgIpc) is 2.48. The van der Waals surface area contributed by atoms with Gasteiger partial charge in [0, 0.05) is 12.0 Å². The molecule has 0 amide bonds. The first-order chi connectivity index (χ1) is 9.78. The molecule has 0 atom stereocenters. The summed E-state index contributed by atoms with van der Waals surface area (Å²) in [5, 5.41) is 0. The van der Waals surface area contributed by atoms with Crippen LogP contribution in [-0.2, 0) is 6.42 Å². The Hall–Kier alpha value is -2.42. The second-order valence-electron chi connectivity index (χ2n) is 4.73. The zero-order valence-electron chi connectivity index (χ0n) is 11.6. The lowest BCUT2D eigenvalue weighted by Crippen LogP contribution is -2.01. The minimum atomic E-state index is 0.730. The molecule has 3 heteroatoms. The molecule has 3 aromatic rings. The fourth-order valence-electron chi connectivity index (χ4n) is 2.32. The number of hydrogen-bond donors (Lipinski definition) is 0. The predicted molar refractivity (Wildman–Crippen MR) is 80.1 cm³/mol. The van der Waals surface area contributed by atoms with Crippen molar-refractivity contribution in [2.45, 2.75) is 13.3 Å². The third kappa shape index (κ3) is 2.35. The Labute approximate surface area is 118 Å². The van der Waals surface area contributed by atoms with Crippen LogP contribution in [0.15, 0.2) is 48.5 Å². The summed E-state index contributed by atoms with van der Waals surface area (Å²) in [7, 11) is 1.69. The summed E-state index contributed by atoms with van der Waals surface area (Å²) in [5.74, 6) is 0.891. The van der Waals surface area contributed by atoms with Crippen LogP contribution in [0, 0.1) is 6.92 Å². The van der Waals surface area contributed by atoms with Crippen LogP contribution in [0.25, 0.3) is 11.0 Å². The SMILES string of the molecule is COc1ccccc1Cc1nc2ccccc2nc1C. The molecular weight excluding hydrogens is 248 g/mol. The molecule has 0 saturated carbocycles. The molecule has 1 aromatic heterocycles. The van der Waals surface area contributed by atoms with E-state index in [0.717, 1.165) is 40.2 Å². The minimum absolute atomic E-state index is 0.730. The van der Waals surface area contributed by atoms with E-state index in [0.29, 0.717) is 0 Å². The van der Waals surface area contributed by atoms with Gasteiger partial charge in [0.15, 0.2) is 0 Å². The lowest BCUT2D eigenvalue weighted by atomic mass is 10.1. The van der Waals surface area contributed by atoms with Crippen LogP contribution in [0.5, 0.6) is 5.75 Å². The summed E-state index contributed by atoms with van der Waals surface area (Å²) in [6.45, 7) is 2.00. The lowest BCUT2D eigenvalue weighted by molar-refractivity contribution is 0.410. The molecular formula is C17H16N2O. The summed E-state index contributed by atoms with van der Waals surface area (Å²) < 4.78 is 5.40. The normalized spacial score (nSPS) is 10.7. The molecule has 20 heavy (non-hydrogen) atoms. The third-order valence-corrected chi connectivity index (χ3v) is 3.39. The molecule has 0 aliphatic heterocycles. The van der Waals surface area contributed by atoms with Crippen LogP contribution >= 0.6 is 0 Å². The van der Waals surface area contributed by atoms with Crippen molar-refractivity contribution >= 4 is 11.0 Å². The van der Waals surface area contributed by atoms with E-state index < -0.39 is 0 Å². The summed E-state index contributed by atoms with van der Waals surface area (Å²) in [4.78, 5) is 9.35. The molecule has 1 heterocycles. The van der Waals surface area contributed by atoms with E-state index in [4.69, 9.17) is 9.72 Å². The first kappa shape index (κ1) is 12.6. The van der Waals surface area contributed by atoms with Crippen LogP contribution in [0.3, 0.4) is 0 Å². The molecule has 0 saturated heterocycles. The highest BCUT2D eigenvalue weighted by Gasteiger charge is 2.09. The van der Waals surface area contributed by atoms with Crippen LogP contribution in [0.1, 0.15) is 17.0 Å². The van der Waals surface area contributed by atoms with Gasteiger partial charge in [0.05, 0.1) is 29.5 Å². The second-order valence-corrected chi connectivity index (χ2v) is 4.73. The maximum Gasteiger partial charge on any atom is 0.122 e. The highest BCUT2D eigenvalue weighted by atomic mass is 16.5. The van der Waals surface area contributed by atoms with Gasteiger partial charge in [-0.2, -0.15) is 0 Å². The number of hydrogen-bond acceptors (Lipinski definition) is 3. The monoisotopic (exact) mass is 264 g/mol. The quantitative estimate of drug-likeness (QED) is 0.725. The number of aromatic nitrogens is 2. The maximum atomic E-state index is 5.40. The van der Waals surface area contributed by atoms with Crippen molar-refractivity contribution in [1.29, 1.82) is 0 Å². The summed E-state index contributed by atoms with van der Waals surface area (Å²) >= 11 is 0. The Morgan fingerprint density at radius 2 is 1.55 bits per heavy atom. The van der Waals surface area contributed by atoms with E-state index in [-0.39, 0.29) is 0 Å². The first-order valence-corrected chi connectivity index (χ1v) is 6.62. The molecule has 0 fully saturated rings. The maximum absolute atomic E-state index is 5.40. The molecule has 0 aliphatic carbocycles. The molecule has 3 rings (SSSR count). The van der Waals surface area contributed by atoms with Crippen LogP contribution in [-0.4, -0.2) is 17.1 Å². The molecule has 0 spiro atoms. The number of ether oxygens (including phenoxy) is 1. The number of aryl methyl sites for hydroxylation is 1. The topological polar surface area (TPSA) is 35.0 Å². The standard InChI is InChI=1S/C17H16N2O/c1-12-16(11-13-7-3-6-10-17(13)20-2)19-15-9-5-4-8-14(15)18-12/h3-10H,11H2,1-2H3. The number of nitrogens with zero attached hydrogens (tertiary/aromatic N) is 2. The Morgan fingerprint density at radius 3 is 2.30 bits per heavy atom. The van der Waals surface area contributed by atoms with Crippen molar-refractivity contribution in [3.63, 3.8) is 0 Å². The van der Waals surface area contributed by atoms with E-state index in [2.05, 4.69) is 11.1 Å². The van der Waals surface area contributed by atoms with E-state index in [1.54, 1.807) is 7.11 Å². The van der Waals surface area contributed by atoms with Gasteiger partial charge in [0.25, 0.3) is 0 Å². The number of fused-ring (bicyclic) bond motifs is 1. The van der Waals surface area contributed by atoms with Crippen molar-refractivity contribution in [3.8, 4) is 5.75 Å². The molecule has 0 N–H and O–H groups in total. The fraction of sp³-hybridized carbons (Fsp3) is 0.176.